The number of carboxylic acid groups (broad SMARTS) is 2. The molecule has 3 N–H and O–H groups in total. The van der Waals surface area contributed by atoms with E-state index in [1.165, 1.54) is 0 Å². The zero-order valence-corrected chi connectivity index (χ0v) is 13.4. The second kappa shape index (κ2) is 7.22. The second-order valence-electron chi connectivity index (χ2n) is 6.03. The van der Waals surface area contributed by atoms with Crippen molar-refractivity contribution in [1.82, 2.24) is 0 Å². The predicted molar refractivity (Wildman–Crippen MR) is 80.5 cm³/mol. The van der Waals surface area contributed by atoms with Crippen LogP contribution in [0.1, 0.15) is 56.1 Å². The lowest BCUT2D eigenvalue weighted by molar-refractivity contribution is -0.147. The lowest BCUT2D eigenvalue weighted by Gasteiger charge is -2.23. The van der Waals surface area contributed by atoms with Gasteiger partial charge in [0.05, 0.1) is 0 Å². The molecule has 1 aromatic rings. The third-order valence-corrected chi connectivity index (χ3v) is 2.97. The quantitative estimate of drug-likeness (QED) is 0.780. The van der Waals surface area contributed by atoms with E-state index in [9.17, 15) is 9.90 Å². The van der Waals surface area contributed by atoms with Gasteiger partial charge in [0.1, 0.15) is 0 Å². The van der Waals surface area contributed by atoms with Crippen LogP contribution >= 0.6 is 0 Å². The van der Waals surface area contributed by atoms with Gasteiger partial charge < -0.3 is 15.3 Å². The van der Waals surface area contributed by atoms with Crippen molar-refractivity contribution in [2.45, 2.75) is 53.1 Å². The van der Waals surface area contributed by atoms with Crippen LogP contribution in [0.2, 0.25) is 0 Å². The highest BCUT2D eigenvalue weighted by Gasteiger charge is 2.23. The van der Waals surface area contributed by atoms with E-state index in [2.05, 4.69) is 20.8 Å². The maximum atomic E-state index is 10.8. The van der Waals surface area contributed by atoms with Crippen LogP contribution in [0.3, 0.4) is 0 Å². The van der Waals surface area contributed by atoms with E-state index in [1.54, 1.807) is 0 Å². The minimum atomic E-state index is -1.44. The summed E-state index contributed by atoms with van der Waals surface area (Å²) in [6.45, 7) is 11.1. The highest BCUT2D eigenvalue weighted by molar-refractivity contribution is 5.75. The molecule has 0 bridgehead atoms. The van der Waals surface area contributed by atoms with Gasteiger partial charge in [-0.3, -0.25) is 4.79 Å². The summed E-state index contributed by atoms with van der Waals surface area (Å²) < 4.78 is 0. The van der Waals surface area contributed by atoms with E-state index in [0.717, 1.165) is 23.6 Å². The highest BCUT2D eigenvalue weighted by Crippen LogP contribution is 2.29. The summed E-state index contributed by atoms with van der Waals surface area (Å²) >= 11 is 0. The molecular weight excluding hydrogens is 272 g/mol. The van der Waals surface area contributed by atoms with Gasteiger partial charge in [0.2, 0.25) is 0 Å². The van der Waals surface area contributed by atoms with Gasteiger partial charge in [-0.1, -0.05) is 32.9 Å². The van der Waals surface area contributed by atoms with Crippen molar-refractivity contribution in [3.63, 3.8) is 0 Å². The summed E-state index contributed by atoms with van der Waals surface area (Å²) in [5, 5.41) is 25.9. The first-order valence-corrected chi connectivity index (χ1v) is 6.60. The van der Waals surface area contributed by atoms with Gasteiger partial charge in [0.25, 0.3) is 5.97 Å². The van der Waals surface area contributed by atoms with Crippen molar-refractivity contribution >= 4 is 11.9 Å². The molecule has 0 aliphatic heterocycles. The van der Waals surface area contributed by atoms with Gasteiger partial charge >= 0.3 is 5.97 Å². The van der Waals surface area contributed by atoms with Crippen molar-refractivity contribution in [3.8, 4) is 0 Å². The van der Waals surface area contributed by atoms with E-state index in [4.69, 9.17) is 15.0 Å². The predicted octanol–water partition coefficient (Wildman–Crippen LogP) is 2.81. The fraction of sp³-hybridized carbons (Fsp3) is 0.500. The molecular formula is C16H24O5. The molecule has 0 saturated carbocycles. The summed E-state index contributed by atoms with van der Waals surface area (Å²) in [4.78, 5) is 19.8. The maximum Gasteiger partial charge on any atom is 0.337 e. The number of carbonyl (C=O) groups is 2. The molecule has 1 rings (SSSR count). The van der Waals surface area contributed by atoms with Crippen LogP contribution < -0.4 is 0 Å². The van der Waals surface area contributed by atoms with Crippen molar-refractivity contribution in [1.29, 1.82) is 0 Å². The number of aryl methyl sites for hydroxylation is 2. The standard InChI is InChI=1S/C14H20O3.C2H4O2/c1-8-6-10(14(3,4)5)7-9(2)11(8)12(15)13(16)17;1-2(3)4/h6-7,12,15H,1-5H3,(H,16,17);1H3,(H,3,4). The van der Waals surface area contributed by atoms with Gasteiger partial charge in [-0.25, -0.2) is 4.79 Å². The largest absolute Gasteiger partial charge is 0.481 e. The Morgan fingerprint density at radius 1 is 1.05 bits per heavy atom. The maximum absolute atomic E-state index is 10.8. The SMILES string of the molecule is CC(=O)O.Cc1cc(C(C)(C)C)cc(C)c1C(O)C(=O)O. The number of hydrogen-bond donors (Lipinski definition) is 3. The second-order valence-corrected chi connectivity index (χ2v) is 6.03. The first-order chi connectivity index (χ1) is 9.37. The summed E-state index contributed by atoms with van der Waals surface area (Å²) in [7, 11) is 0. The minimum Gasteiger partial charge on any atom is -0.481 e. The van der Waals surface area contributed by atoms with Crippen LogP contribution in [-0.4, -0.2) is 27.3 Å². The Morgan fingerprint density at radius 2 is 1.38 bits per heavy atom. The smallest absolute Gasteiger partial charge is 0.337 e. The Hall–Kier alpha value is -1.88. The van der Waals surface area contributed by atoms with Crippen LogP contribution in [0.15, 0.2) is 12.1 Å². The van der Waals surface area contributed by atoms with Crippen LogP contribution in [0.25, 0.3) is 0 Å². The molecule has 1 unspecified atom stereocenters. The number of carboxylic acids is 2. The molecule has 1 aromatic carbocycles. The molecule has 1 atom stereocenters. The fourth-order valence-corrected chi connectivity index (χ4v) is 1.96. The Labute approximate surface area is 125 Å². The first kappa shape index (κ1) is 19.1. The van der Waals surface area contributed by atoms with Gasteiger partial charge in [-0.15, -0.1) is 0 Å². The Balaban J connectivity index is 0.000000885. The molecule has 0 saturated heterocycles. The molecule has 0 heterocycles. The molecule has 0 aliphatic rings. The molecule has 0 spiro atoms. The van der Waals surface area contributed by atoms with Gasteiger partial charge in [-0.2, -0.15) is 0 Å². The van der Waals surface area contributed by atoms with Crippen molar-refractivity contribution in [3.05, 3.63) is 34.4 Å². The normalized spacial score (nSPS) is 12.1. The third-order valence-electron chi connectivity index (χ3n) is 2.97. The third kappa shape index (κ3) is 5.95. The number of aliphatic carboxylic acids is 2. The summed E-state index contributed by atoms with van der Waals surface area (Å²) in [5.74, 6) is -2.04. The first-order valence-electron chi connectivity index (χ1n) is 6.60. The van der Waals surface area contributed by atoms with Crippen molar-refractivity contribution < 1.29 is 24.9 Å². The van der Waals surface area contributed by atoms with E-state index < -0.39 is 18.0 Å². The van der Waals surface area contributed by atoms with Crippen molar-refractivity contribution in [2.24, 2.45) is 0 Å². The van der Waals surface area contributed by atoms with E-state index in [1.807, 2.05) is 26.0 Å². The lowest BCUT2D eigenvalue weighted by Crippen LogP contribution is -2.16. The van der Waals surface area contributed by atoms with Crippen LogP contribution in [0, 0.1) is 13.8 Å². The Bertz CT molecular complexity index is 499. The Morgan fingerprint density at radius 3 is 1.62 bits per heavy atom. The summed E-state index contributed by atoms with van der Waals surface area (Å²) in [6.07, 6.45) is -1.44. The van der Waals surface area contributed by atoms with Gasteiger partial charge in [0.15, 0.2) is 6.10 Å². The zero-order valence-electron chi connectivity index (χ0n) is 13.4. The average Bonchev–Trinajstić information content (AvgIpc) is 2.25. The number of aliphatic hydroxyl groups excluding tert-OH is 1. The van der Waals surface area contributed by atoms with E-state index in [-0.39, 0.29) is 5.41 Å². The summed E-state index contributed by atoms with van der Waals surface area (Å²) in [6, 6.07) is 3.91. The molecule has 0 aromatic heterocycles. The van der Waals surface area contributed by atoms with Crippen LogP contribution in [0.4, 0.5) is 0 Å². The fourth-order valence-electron chi connectivity index (χ4n) is 1.96. The molecule has 5 heteroatoms. The number of aliphatic hydroxyl groups is 1. The van der Waals surface area contributed by atoms with E-state index in [0.29, 0.717) is 5.56 Å². The molecule has 0 radical (unpaired) electrons. The van der Waals surface area contributed by atoms with Gasteiger partial charge in [0, 0.05) is 6.92 Å². The number of hydrogen-bond acceptors (Lipinski definition) is 3. The molecule has 0 fully saturated rings. The molecule has 0 amide bonds. The molecule has 5 nitrogen and oxygen atoms in total. The minimum absolute atomic E-state index is 0.0161. The lowest BCUT2D eigenvalue weighted by atomic mass is 9.83. The van der Waals surface area contributed by atoms with Crippen LogP contribution in [0.5, 0.6) is 0 Å². The summed E-state index contributed by atoms with van der Waals surface area (Å²) in [5.41, 5.74) is 3.32. The zero-order chi connectivity index (χ0) is 17.0. The van der Waals surface area contributed by atoms with Crippen LogP contribution in [-0.2, 0) is 15.0 Å². The van der Waals surface area contributed by atoms with Crippen molar-refractivity contribution in [2.75, 3.05) is 0 Å². The molecule has 118 valence electrons. The Kier molecular flexibility index (Phi) is 6.57. The topological polar surface area (TPSA) is 94.8 Å². The number of rotatable bonds is 2. The average molecular weight is 296 g/mol. The highest BCUT2D eigenvalue weighted by atomic mass is 16.4. The monoisotopic (exact) mass is 296 g/mol. The van der Waals surface area contributed by atoms with Gasteiger partial charge in [-0.05, 0) is 41.5 Å². The molecule has 21 heavy (non-hydrogen) atoms. The number of benzene rings is 1. The molecule has 0 aliphatic carbocycles. The van der Waals surface area contributed by atoms with E-state index >= 15 is 0 Å².